The summed E-state index contributed by atoms with van der Waals surface area (Å²) in [5.41, 5.74) is 0.421. The number of nitrogens with zero attached hydrogens (tertiary/aromatic N) is 1. The van der Waals surface area contributed by atoms with E-state index in [1.54, 1.807) is 0 Å². The number of thiazole rings is 1. The molecule has 1 aromatic heterocycles. The van der Waals surface area contributed by atoms with Gasteiger partial charge in [-0.3, -0.25) is 5.32 Å². The molecule has 1 rings (SSSR count). The van der Waals surface area contributed by atoms with E-state index >= 15 is 0 Å². The Bertz CT molecular complexity index is 380. The van der Waals surface area contributed by atoms with Crippen LogP contribution in [0.15, 0.2) is 5.38 Å². The van der Waals surface area contributed by atoms with Crippen LogP contribution in [0.1, 0.15) is 39.3 Å². The minimum atomic E-state index is -0.547. The molecular formula is C12H21N3O2S. The Morgan fingerprint density at radius 2 is 2.11 bits per heavy atom. The van der Waals surface area contributed by atoms with Crippen LogP contribution in [-0.2, 0) is 6.42 Å². The highest BCUT2D eigenvalue weighted by atomic mass is 32.1. The Balaban J connectivity index is 2.60. The molecule has 2 amide bonds. The summed E-state index contributed by atoms with van der Waals surface area (Å²) in [5, 5.41) is 17.4. The monoisotopic (exact) mass is 271 g/mol. The lowest BCUT2D eigenvalue weighted by Crippen LogP contribution is -2.51. The van der Waals surface area contributed by atoms with E-state index in [1.807, 2.05) is 26.2 Å². The number of hydrogen-bond donors (Lipinski definition) is 3. The van der Waals surface area contributed by atoms with Crippen molar-refractivity contribution in [3.63, 3.8) is 0 Å². The summed E-state index contributed by atoms with van der Waals surface area (Å²) >= 11 is 1.41. The minimum Gasteiger partial charge on any atom is -0.394 e. The van der Waals surface area contributed by atoms with Gasteiger partial charge in [-0.1, -0.05) is 20.8 Å². The Hall–Kier alpha value is -1.14. The molecule has 0 bridgehead atoms. The van der Waals surface area contributed by atoms with Crippen molar-refractivity contribution in [1.82, 2.24) is 10.3 Å². The molecule has 0 atom stereocenters. The number of carbonyl (C=O) groups excluding carboxylic acids is 1. The third-order valence-corrected chi connectivity index (χ3v) is 3.98. The van der Waals surface area contributed by atoms with Gasteiger partial charge in [0.15, 0.2) is 5.13 Å². The van der Waals surface area contributed by atoms with Crippen molar-refractivity contribution in [3.05, 3.63) is 11.1 Å². The number of anilines is 1. The van der Waals surface area contributed by atoms with Gasteiger partial charge in [0.05, 0.1) is 17.8 Å². The van der Waals surface area contributed by atoms with Crippen LogP contribution in [-0.4, -0.2) is 28.3 Å². The van der Waals surface area contributed by atoms with Gasteiger partial charge in [0, 0.05) is 5.38 Å². The topological polar surface area (TPSA) is 74.2 Å². The third-order valence-electron chi connectivity index (χ3n) is 3.17. The molecule has 18 heavy (non-hydrogen) atoms. The largest absolute Gasteiger partial charge is 0.394 e. The standard InChI is InChI=1S/C12H21N3O2S/c1-4-9-7-18-11(13-9)14-10(17)15-12(5-2,6-3)8-16/h7,16H,4-6,8H2,1-3H3,(H2,13,14,15,17). The zero-order valence-electron chi connectivity index (χ0n) is 11.1. The number of rotatable bonds is 6. The van der Waals surface area contributed by atoms with E-state index in [1.165, 1.54) is 11.3 Å². The molecule has 5 nitrogen and oxygen atoms in total. The van der Waals surface area contributed by atoms with Gasteiger partial charge in [-0.15, -0.1) is 11.3 Å². The number of hydrogen-bond acceptors (Lipinski definition) is 4. The van der Waals surface area contributed by atoms with E-state index in [0.717, 1.165) is 12.1 Å². The molecule has 3 N–H and O–H groups in total. The summed E-state index contributed by atoms with van der Waals surface area (Å²) in [4.78, 5) is 16.1. The second kappa shape index (κ2) is 6.70. The lowest BCUT2D eigenvalue weighted by molar-refractivity contribution is 0.155. The average Bonchev–Trinajstić information content (AvgIpc) is 2.83. The Morgan fingerprint density at radius 1 is 1.44 bits per heavy atom. The number of nitrogens with one attached hydrogen (secondary N) is 2. The molecule has 0 fully saturated rings. The van der Waals surface area contributed by atoms with E-state index in [4.69, 9.17) is 0 Å². The zero-order chi connectivity index (χ0) is 13.6. The van der Waals surface area contributed by atoms with Crippen LogP contribution >= 0.6 is 11.3 Å². The summed E-state index contributed by atoms with van der Waals surface area (Å²) in [6.07, 6.45) is 2.22. The molecule has 0 spiro atoms. The summed E-state index contributed by atoms with van der Waals surface area (Å²) in [6.45, 7) is 5.84. The van der Waals surface area contributed by atoms with E-state index in [-0.39, 0.29) is 12.6 Å². The summed E-state index contributed by atoms with van der Waals surface area (Å²) in [6, 6.07) is -0.315. The van der Waals surface area contributed by atoms with Crippen LogP contribution in [0.5, 0.6) is 0 Å². The van der Waals surface area contributed by atoms with Gasteiger partial charge >= 0.3 is 6.03 Å². The van der Waals surface area contributed by atoms with Crippen LogP contribution in [0.2, 0.25) is 0 Å². The Morgan fingerprint density at radius 3 is 2.56 bits per heavy atom. The maximum absolute atomic E-state index is 11.8. The van der Waals surface area contributed by atoms with Crippen molar-refractivity contribution in [2.75, 3.05) is 11.9 Å². The lowest BCUT2D eigenvalue weighted by Gasteiger charge is -2.30. The molecule has 0 saturated carbocycles. The molecule has 0 aliphatic heterocycles. The van der Waals surface area contributed by atoms with Gasteiger partial charge in [0.25, 0.3) is 0 Å². The smallest absolute Gasteiger partial charge is 0.321 e. The van der Waals surface area contributed by atoms with Crippen LogP contribution in [0.4, 0.5) is 9.93 Å². The number of aliphatic hydroxyl groups excluding tert-OH is 1. The average molecular weight is 271 g/mol. The fraction of sp³-hybridized carbons (Fsp3) is 0.667. The molecular weight excluding hydrogens is 250 g/mol. The van der Waals surface area contributed by atoms with E-state index in [2.05, 4.69) is 15.6 Å². The number of amides is 2. The van der Waals surface area contributed by atoms with Gasteiger partial charge in [-0.05, 0) is 19.3 Å². The second-order valence-corrected chi connectivity index (χ2v) is 5.08. The number of urea groups is 1. The molecule has 6 heteroatoms. The molecule has 0 saturated heterocycles. The van der Waals surface area contributed by atoms with Crippen molar-refractivity contribution < 1.29 is 9.90 Å². The normalized spacial score (nSPS) is 11.3. The quantitative estimate of drug-likeness (QED) is 0.743. The Labute approximate surface area is 112 Å². The van der Waals surface area contributed by atoms with Crippen LogP contribution in [0.3, 0.4) is 0 Å². The van der Waals surface area contributed by atoms with Gasteiger partial charge < -0.3 is 10.4 Å². The highest BCUT2D eigenvalue weighted by Gasteiger charge is 2.27. The van der Waals surface area contributed by atoms with Crippen LogP contribution < -0.4 is 10.6 Å². The number of aromatic nitrogens is 1. The van der Waals surface area contributed by atoms with E-state index in [0.29, 0.717) is 18.0 Å². The van der Waals surface area contributed by atoms with Gasteiger partial charge in [-0.25, -0.2) is 9.78 Å². The molecule has 1 heterocycles. The zero-order valence-corrected chi connectivity index (χ0v) is 11.9. The molecule has 0 radical (unpaired) electrons. The van der Waals surface area contributed by atoms with Crippen molar-refractivity contribution in [2.24, 2.45) is 0 Å². The highest BCUT2D eigenvalue weighted by molar-refractivity contribution is 7.13. The molecule has 0 aliphatic carbocycles. The van der Waals surface area contributed by atoms with Gasteiger partial charge in [-0.2, -0.15) is 0 Å². The SMILES string of the molecule is CCc1csc(NC(=O)NC(CC)(CC)CO)n1. The highest BCUT2D eigenvalue weighted by Crippen LogP contribution is 2.17. The van der Waals surface area contributed by atoms with Gasteiger partial charge in [0.1, 0.15) is 0 Å². The predicted octanol–water partition coefficient (Wildman–Crippen LogP) is 2.38. The van der Waals surface area contributed by atoms with E-state index < -0.39 is 5.54 Å². The number of carbonyl (C=O) groups is 1. The fourth-order valence-corrected chi connectivity index (χ4v) is 2.37. The number of aryl methyl sites for hydroxylation is 1. The third kappa shape index (κ3) is 3.68. The molecule has 0 unspecified atom stereocenters. The number of aliphatic hydroxyl groups is 1. The van der Waals surface area contributed by atoms with Crippen molar-refractivity contribution in [1.29, 1.82) is 0 Å². The van der Waals surface area contributed by atoms with Crippen molar-refractivity contribution in [3.8, 4) is 0 Å². The summed E-state index contributed by atoms with van der Waals surface area (Å²) < 4.78 is 0. The maximum Gasteiger partial charge on any atom is 0.321 e. The fourth-order valence-electron chi connectivity index (χ4n) is 1.59. The van der Waals surface area contributed by atoms with Crippen LogP contribution in [0, 0.1) is 0 Å². The van der Waals surface area contributed by atoms with Crippen molar-refractivity contribution in [2.45, 2.75) is 45.6 Å². The Kier molecular flexibility index (Phi) is 5.55. The first-order valence-electron chi connectivity index (χ1n) is 6.23. The summed E-state index contributed by atoms with van der Waals surface area (Å²) in [5.74, 6) is 0. The van der Waals surface area contributed by atoms with Gasteiger partial charge in [0.2, 0.25) is 0 Å². The lowest BCUT2D eigenvalue weighted by atomic mass is 9.94. The first-order valence-corrected chi connectivity index (χ1v) is 7.11. The first kappa shape index (κ1) is 14.9. The van der Waals surface area contributed by atoms with Crippen molar-refractivity contribution >= 4 is 22.5 Å². The van der Waals surface area contributed by atoms with Crippen LogP contribution in [0.25, 0.3) is 0 Å². The van der Waals surface area contributed by atoms with E-state index in [9.17, 15) is 9.90 Å². The minimum absolute atomic E-state index is 0.0640. The molecule has 0 aliphatic rings. The molecule has 1 aromatic rings. The molecule has 0 aromatic carbocycles. The molecule has 102 valence electrons. The first-order chi connectivity index (χ1) is 8.59. The second-order valence-electron chi connectivity index (χ2n) is 4.22. The summed E-state index contributed by atoms with van der Waals surface area (Å²) in [7, 11) is 0. The predicted molar refractivity (Wildman–Crippen MR) is 74.0 cm³/mol. The maximum atomic E-state index is 11.8.